The maximum Gasteiger partial charge on any atom is 0.259 e. The predicted molar refractivity (Wildman–Crippen MR) is 93.6 cm³/mol. The zero-order valence-electron chi connectivity index (χ0n) is 13.5. The van der Waals surface area contributed by atoms with Crippen molar-refractivity contribution in [3.63, 3.8) is 0 Å². The molecule has 0 aromatic heterocycles. The zero-order valence-corrected chi connectivity index (χ0v) is 13.5. The number of carbonyl (C=O) groups excluding carboxylic acids is 2. The number of hydrogen-bond acceptors (Lipinski definition) is 2. The lowest BCUT2D eigenvalue weighted by atomic mass is 10.1. The van der Waals surface area contributed by atoms with Crippen molar-refractivity contribution in [2.45, 2.75) is 19.4 Å². The van der Waals surface area contributed by atoms with Gasteiger partial charge in [0.2, 0.25) is 5.91 Å². The summed E-state index contributed by atoms with van der Waals surface area (Å²) >= 11 is 0. The first kappa shape index (κ1) is 14.7. The van der Waals surface area contributed by atoms with E-state index in [0.717, 1.165) is 17.7 Å². The third-order valence-electron chi connectivity index (χ3n) is 4.81. The summed E-state index contributed by atoms with van der Waals surface area (Å²) in [4.78, 5) is 28.8. The molecular weight excluding hydrogens is 300 g/mol. The Morgan fingerprint density at radius 2 is 1.79 bits per heavy atom. The largest absolute Gasteiger partial charge is 0.307 e. The Balaban J connectivity index is 1.60. The molecule has 0 saturated heterocycles. The Morgan fingerprint density at radius 1 is 1.12 bits per heavy atom. The topological polar surface area (TPSA) is 40.6 Å². The number of para-hydroxylation sites is 1. The summed E-state index contributed by atoms with van der Waals surface area (Å²) in [5.41, 5.74) is 4.15. The summed E-state index contributed by atoms with van der Waals surface area (Å²) in [5, 5.41) is 0. The molecule has 0 saturated carbocycles. The Labute approximate surface area is 141 Å². The summed E-state index contributed by atoms with van der Waals surface area (Å²) in [6.07, 6.45) is 0.844. The third-order valence-corrected chi connectivity index (χ3v) is 4.81. The standard InChI is InChI=1S/C20H18N2O2/c1-13-11-15-7-3-6-10-18(15)22(13)19(23)12-21-14(2)16-8-4-5-9-17(16)20(21)24/h3-10,13H,2,11-12H2,1H3/t13-/m0/s1. The molecule has 0 aliphatic carbocycles. The second-order valence-corrected chi connectivity index (χ2v) is 6.33. The molecule has 2 aromatic rings. The van der Waals surface area contributed by atoms with Gasteiger partial charge in [0.1, 0.15) is 6.54 Å². The Bertz CT molecular complexity index is 836. The molecule has 4 nitrogen and oxygen atoms in total. The summed E-state index contributed by atoms with van der Waals surface area (Å²) in [6, 6.07) is 15.4. The number of hydrogen-bond donors (Lipinski definition) is 0. The zero-order chi connectivity index (χ0) is 16.8. The van der Waals surface area contributed by atoms with E-state index >= 15 is 0 Å². The van der Waals surface area contributed by atoms with Crippen molar-refractivity contribution in [1.29, 1.82) is 0 Å². The lowest BCUT2D eigenvalue weighted by molar-refractivity contribution is -0.119. The van der Waals surface area contributed by atoms with E-state index in [1.165, 1.54) is 10.5 Å². The third kappa shape index (κ3) is 2.07. The first-order valence-corrected chi connectivity index (χ1v) is 8.08. The van der Waals surface area contributed by atoms with Crippen molar-refractivity contribution in [2.75, 3.05) is 11.4 Å². The minimum absolute atomic E-state index is 0.0189. The van der Waals surface area contributed by atoms with Crippen LogP contribution >= 0.6 is 0 Å². The molecule has 4 heteroatoms. The van der Waals surface area contributed by atoms with Crippen molar-refractivity contribution in [3.8, 4) is 0 Å². The molecule has 1 atom stereocenters. The molecular formula is C20H18N2O2. The second kappa shape index (κ2) is 5.34. The lowest BCUT2D eigenvalue weighted by Gasteiger charge is -2.26. The van der Waals surface area contributed by atoms with E-state index in [4.69, 9.17) is 0 Å². The smallest absolute Gasteiger partial charge is 0.259 e. The maximum atomic E-state index is 12.9. The molecule has 4 rings (SSSR count). The fourth-order valence-electron chi connectivity index (χ4n) is 3.66. The molecule has 0 radical (unpaired) electrons. The number of nitrogens with zero attached hydrogens (tertiary/aromatic N) is 2. The highest BCUT2D eigenvalue weighted by Gasteiger charge is 2.36. The molecule has 24 heavy (non-hydrogen) atoms. The van der Waals surface area contributed by atoms with Gasteiger partial charge in [-0.2, -0.15) is 0 Å². The van der Waals surface area contributed by atoms with E-state index in [-0.39, 0.29) is 24.4 Å². The number of amides is 2. The van der Waals surface area contributed by atoms with E-state index in [1.807, 2.05) is 43.3 Å². The molecule has 2 heterocycles. The molecule has 0 unspecified atom stereocenters. The second-order valence-electron chi connectivity index (χ2n) is 6.33. The Morgan fingerprint density at radius 3 is 2.54 bits per heavy atom. The van der Waals surface area contributed by atoms with Gasteiger partial charge in [-0.05, 0) is 31.0 Å². The van der Waals surface area contributed by atoms with Crippen LogP contribution in [0.3, 0.4) is 0 Å². The average molecular weight is 318 g/mol. The Hall–Kier alpha value is -2.88. The van der Waals surface area contributed by atoms with Crippen LogP contribution in [0, 0.1) is 0 Å². The quantitative estimate of drug-likeness (QED) is 0.854. The molecule has 120 valence electrons. The van der Waals surface area contributed by atoms with Crippen molar-refractivity contribution in [1.82, 2.24) is 4.90 Å². The number of carbonyl (C=O) groups is 2. The minimum atomic E-state index is -0.149. The summed E-state index contributed by atoms with van der Waals surface area (Å²) in [5.74, 6) is -0.223. The van der Waals surface area contributed by atoms with Gasteiger partial charge in [0.25, 0.3) is 5.91 Å². The van der Waals surface area contributed by atoms with Crippen molar-refractivity contribution in [3.05, 3.63) is 71.8 Å². The summed E-state index contributed by atoms with van der Waals surface area (Å²) in [7, 11) is 0. The number of benzene rings is 2. The predicted octanol–water partition coefficient (Wildman–Crippen LogP) is 3.09. The van der Waals surface area contributed by atoms with E-state index in [0.29, 0.717) is 11.3 Å². The molecule has 0 spiro atoms. The van der Waals surface area contributed by atoms with Crippen LogP contribution in [-0.4, -0.2) is 29.3 Å². The van der Waals surface area contributed by atoms with Crippen molar-refractivity contribution >= 4 is 23.2 Å². The highest BCUT2D eigenvalue weighted by molar-refractivity contribution is 6.11. The van der Waals surface area contributed by atoms with Crippen molar-refractivity contribution < 1.29 is 9.59 Å². The molecule has 2 amide bonds. The number of anilines is 1. The van der Waals surface area contributed by atoms with Crippen LogP contribution in [0.1, 0.15) is 28.4 Å². The first-order chi connectivity index (χ1) is 11.6. The van der Waals surface area contributed by atoms with Gasteiger partial charge in [0.05, 0.1) is 0 Å². The van der Waals surface area contributed by atoms with Gasteiger partial charge in [0, 0.05) is 28.6 Å². The summed E-state index contributed by atoms with van der Waals surface area (Å²) < 4.78 is 0. The fourth-order valence-corrected chi connectivity index (χ4v) is 3.66. The van der Waals surface area contributed by atoms with Crippen LogP contribution in [0.4, 0.5) is 5.69 Å². The van der Waals surface area contributed by atoms with Gasteiger partial charge in [-0.25, -0.2) is 0 Å². The fraction of sp³-hybridized carbons (Fsp3) is 0.200. The van der Waals surface area contributed by atoms with Crippen LogP contribution in [0.25, 0.3) is 5.70 Å². The SMILES string of the molecule is C=C1c2ccccc2C(=O)N1CC(=O)N1c2ccccc2C[C@@H]1C. The van der Waals surface area contributed by atoms with Crippen LogP contribution < -0.4 is 4.90 Å². The molecule has 0 N–H and O–H groups in total. The molecule has 2 aromatic carbocycles. The van der Waals surface area contributed by atoms with Crippen LogP contribution in [0.5, 0.6) is 0 Å². The molecule has 2 aliphatic heterocycles. The van der Waals surface area contributed by atoms with Crippen LogP contribution in [-0.2, 0) is 11.2 Å². The van der Waals surface area contributed by atoms with Gasteiger partial charge >= 0.3 is 0 Å². The molecule has 0 bridgehead atoms. The van der Waals surface area contributed by atoms with E-state index in [1.54, 1.807) is 11.0 Å². The van der Waals surface area contributed by atoms with Gasteiger partial charge in [-0.15, -0.1) is 0 Å². The van der Waals surface area contributed by atoms with Gasteiger partial charge in [0.15, 0.2) is 0 Å². The average Bonchev–Trinajstić information content (AvgIpc) is 3.04. The van der Waals surface area contributed by atoms with Crippen LogP contribution in [0.15, 0.2) is 55.1 Å². The normalized spacial score (nSPS) is 18.8. The number of rotatable bonds is 2. The molecule has 0 fully saturated rings. The van der Waals surface area contributed by atoms with Crippen molar-refractivity contribution in [2.24, 2.45) is 0 Å². The van der Waals surface area contributed by atoms with Gasteiger partial charge in [-0.1, -0.05) is 43.0 Å². The van der Waals surface area contributed by atoms with Gasteiger partial charge in [-0.3, -0.25) is 14.5 Å². The minimum Gasteiger partial charge on any atom is -0.307 e. The lowest BCUT2D eigenvalue weighted by Crippen LogP contribution is -2.42. The summed E-state index contributed by atoms with van der Waals surface area (Å²) in [6.45, 7) is 6.06. The monoisotopic (exact) mass is 318 g/mol. The number of fused-ring (bicyclic) bond motifs is 2. The van der Waals surface area contributed by atoms with E-state index in [9.17, 15) is 9.59 Å². The highest BCUT2D eigenvalue weighted by atomic mass is 16.2. The highest BCUT2D eigenvalue weighted by Crippen LogP contribution is 2.34. The van der Waals surface area contributed by atoms with Gasteiger partial charge < -0.3 is 4.90 Å². The Kier molecular flexibility index (Phi) is 3.27. The maximum absolute atomic E-state index is 12.9. The van der Waals surface area contributed by atoms with Crippen LogP contribution in [0.2, 0.25) is 0 Å². The first-order valence-electron chi connectivity index (χ1n) is 8.08. The molecule has 2 aliphatic rings. The van der Waals surface area contributed by atoms with E-state index in [2.05, 4.69) is 12.6 Å². The van der Waals surface area contributed by atoms with E-state index < -0.39 is 0 Å².